The molecule has 0 N–H and O–H groups in total. The summed E-state index contributed by atoms with van der Waals surface area (Å²) in [5.41, 5.74) is 1.07. The normalized spacial score (nSPS) is 11.9. The van der Waals surface area contributed by atoms with Gasteiger partial charge in [-0.15, -0.1) is 0 Å². The first kappa shape index (κ1) is 12.6. The van der Waals surface area contributed by atoms with Crippen molar-refractivity contribution in [2.45, 2.75) is 33.3 Å². The van der Waals surface area contributed by atoms with Gasteiger partial charge in [-0.2, -0.15) is 0 Å². The van der Waals surface area contributed by atoms with Gasteiger partial charge in [-0.25, -0.2) is 0 Å². The predicted octanol–water partition coefficient (Wildman–Crippen LogP) is 2.72. The van der Waals surface area contributed by atoms with Crippen LogP contribution in [0, 0.1) is 6.92 Å². The Kier molecular flexibility index (Phi) is 4.83. The molecule has 1 atom stereocenters. The molecule has 0 amide bonds. The third-order valence-corrected chi connectivity index (χ3v) is 2.18. The summed E-state index contributed by atoms with van der Waals surface area (Å²) in [5, 5.41) is 0. The molecule has 16 heavy (non-hydrogen) atoms. The average molecular weight is 222 g/mol. The van der Waals surface area contributed by atoms with Gasteiger partial charge in [0.15, 0.2) is 0 Å². The molecule has 0 aliphatic heterocycles. The Labute approximate surface area is 96.4 Å². The highest BCUT2D eigenvalue weighted by atomic mass is 16.5. The van der Waals surface area contributed by atoms with Crippen LogP contribution >= 0.6 is 0 Å². The molecule has 3 nitrogen and oxygen atoms in total. The maximum atomic E-state index is 11.2. The summed E-state index contributed by atoms with van der Waals surface area (Å²) in [5.74, 6) is 0.600. The molecule has 0 saturated heterocycles. The van der Waals surface area contributed by atoms with E-state index < -0.39 is 0 Å². The van der Waals surface area contributed by atoms with Crippen molar-refractivity contribution >= 4 is 5.97 Å². The van der Waals surface area contributed by atoms with Crippen LogP contribution in [0.15, 0.2) is 24.3 Å². The lowest BCUT2D eigenvalue weighted by molar-refractivity contribution is -0.144. The largest absolute Gasteiger partial charge is 0.490 e. The van der Waals surface area contributed by atoms with E-state index in [0.717, 1.165) is 11.3 Å². The molecule has 0 bridgehead atoms. The number of carbonyl (C=O) groups excluding carboxylic acids is 1. The summed E-state index contributed by atoms with van der Waals surface area (Å²) in [6.07, 6.45) is 0.113. The van der Waals surface area contributed by atoms with Crippen molar-refractivity contribution in [1.82, 2.24) is 0 Å². The van der Waals surface area contributed by atoms with Crippen LogP contribution in [0.3, 0.4) is 0 Å². The SMILES string of the molecule is CCOC(=O)CC(C)Oc1ccccc1C. The van der Waals surface area contributed by atoms with Gasteiger partial charge in [-0.1, -0.05) is 18.2 Å². The fraction of sp³-hybridized carbons (Fsp3) is 0.462. The fourth-order valence-corrected chi connectivity index (χ4v) is 1.40. The van der Waals surface area contributed by atoms with Gasteiger partial charge in [-0.05, 0) is 32.4 Å². The second kappa shape index (κ2) is 6.16. The number of hydrogen-bond acceptors (Lipinski definition) is 3. The van der Waals surface area contributed by atoms with Crippen molar-refractivity contribution in [2.75, 3.05) is 6.61 Å². The van der Waals surface area contributed by atoms with Gasteiger partial charge < -0.3 is 9.47 Å². The molecular weight excluding hydrogens is 204 g/mol. The van der Waals surface area contributed by atoms with E-state index in [9.17, 15) is 4.79 Å². The first-order chi connectivity index (χ1) is 7.63. The van der Waals surface area contributed by atoms with Crippen molar-refractivity contribution in [2.24, 2.45) is 0 Å². The maximum absolute atomic E-state index is 11.2. The van der Waals surface area contributed by atoms with Crippen LogP contribution in [-0.4, -0.2) is 18.7 Å². The van der Waals surface area contributed by atoms with Crippen LogP contribution in [0.2, 0.25) is 0 Å². The first-order valence-corrected chi connectivity index (χ1v) is 5.51. The van der Waals surface area contributed by atoms with Crippen LogP contribution in [0.5, 0.6) is 5.75 Å². The monoisotopic (exact) mass is 222 g/mol. The molecule has 0 aliphatic rings. The molecule has 0 saturated carbocycles. The second-order valence-electron chi connectivity index (χ2n) is 3.70. The van der Waals surface area contributed by atoms with E-state index in [2.05, 4.69) is 0 Å². The van der Waals surface area contributed by atoms with E-state index in [1.807, 2.05) is 38.1 Å². The van der Waals surface area contributed by atoms with E-state index >= 15 is 0 Å². The molecule has 3 heteroatoms. The number of hydrogen-bond donors (Lipinski definition) is 0. The smallest absolute Gasteiger partial charge is 0.309 e. The van der Waals surface area contributed by atoms with Gasteiger partial charge in [0, 0.05) is 0 Å². The van der Waals surface area contributed by atoms with Crippen LogP contribution in [0.4, 0.5) is 0 Å². The fourth-order valence-electron chi connectivity index (χ4n) is 1.40. The summed E-state index contributed by atoms with van der Waals surface area (Å²) < 4.78 is 10.5. The predicted molar refractivity (Wildman–Crippen MR) is 62.5 cm³/mol. The number of aryl methyl sites for hydroxylation is 1. The van der Waals surface area contributed by atoms with Crippen LogP contribution in [0.1, 0.15) is 25.8 Å². The summed E-state index contributed by atoms with van der Waals surface area (Å²) in [6, 6.07) is 7.75. The van der Waals surface area contributed by atoms with E-state index in [-0.39, 0.29) is 18.5 Å². The van der Waals surface area contributed by atoms with E-state index in [1.165, 1.54) is 0 Å². The van der Waals surface area contributed by atoms with E-state index in [4.69, 9.17) is 9.47 Å². The minimum absolute atomic E-state index is 0.167. The number of benzene rings is 1. The quantitative estimate of drug-likeness (QED) is 0.718. The topological polar surface area (TPSA) is 35.5 Å². The Morgan fingerprint density at radius 1 is 1.38 bits per heavy atom. The lowest BCUT2D eigenvalue weighted by Gasteiger charge is -2.15. The van der Waals surface area contributed by atoms with Gasteiger partial charge in [0.2, 0.25) is 0 Å². The average Bonchev–Trinajstić information content (AvgIpc) is 2.21. The molecule has 1 rings (SSSR count). The highest BCUT2D eigenvalue weighted by Crippen LogP contribution is 2.18. The number of para-hydroxylation sites is 1. The Bertz CT molecular complexity index is 347. The number of rotatable bonds is 5. The molecule has 0 fully saturated rings. The van der Waals surface area contributed by atoms with Crippen molar-refractivity contribution in [3.63, 3.8) is 0 Å². The molecule has 1 aromatic rings. The minimum atomic E-state index is -0.219. The highest BCUT2D eigenvalue weighted by Gasteiger charge is 2.11. The zero-order valence-electron chi connectivity index (χ0n) is 10.0. The van der Waals surface area contributed by atoms with Crippen molar-refractivity contribution < 1.29 is 14.3 Å². The lowest BCUT2D eigenvalue weighted by atomic mass is 10.2. The number of esters is 1. The Balaban J connectivity index is 2.48. The third kappa shape index (κ3) is 3.93. The Morgan fingerprint density at radius 2 is 2.06 bits per heavy atom. The summed E-state index contributed by atoms with van der Waals surface area (Å²) in [6.45, 7) is 6.05. The molecule has 0 heterocycles. The molecule has 1 aromatic carbocycles. The van der Waals surface area contributed by atoms with E-state index in [0.29, 0.717) is 6.61 Å². The minimum Gasteiger partial charge on any atom is -0.490 e. The molecule has 0 radical (unpaired) electrons. The second-order valence-corrected chi connectivity index (χ2v) is 3.70. The zero-order valence-corrected chi connectivity index (χ0v) is 10.0. The van der Waals surface area contributed by atoms with Crippen molar-refractivity contribution in [1.29, 1.82) is 0 Å². The lowest BCUT2D eigenvalue weighted by Crippen LogP contribution is -2.19. The summed E-state index contributed by atoms with van der Waals surface area (Å²) >= 11 is 0. The molecule has 88 valence electrons. The third-order valence-electron chi connectivity index (χ3n) is 2.18. The van der Waals surface area contributed by atoms with Crippen molar-refractivity contribution in [3.05, 3.63) is 29.8 Å². The highest BCUT2D eigenvalue weighted by molar-refractivity contribution is 5.69. The summed E-state index contributed by atoms with van der Waals surface area (Å²) in [7, 11) is 0. The standard InChI is InChI=1S/C13H18O3/c1-4-15-13(14)9-11(3)16-12-8-6-5-7-10(12)2/h5-8,11H,4,9H2,1-3H3. The van der Waals surface area contributed by atoms with Gasteiger partial charge >= 0.3 is 5.97 Å². The van der Waals surface area contributed by atoms with Crippen LogP contribution in [-0.2, 0) is 9.53 Å². The van der Waals surface area contributed by atoms with Gasteiger partial charge in [0.05, 0.1) is 13.0 Å². The van der Waals surface area contributed by atoms with E-state index in [1.54, 1.807) is 6.92 Å². The number of ether oxygens (including phenoxy) is 2. The molecule has 0 spiro atoms. The van der Waals surface area contributed by atoms with Crippen LogP contribution < -0.4 is 4.74 Å². The number of carbonyl (C=O) groups is 1. The first-order valence-electron chi connectivity index (χ1n) is 5.51. The maximum Gasteiger partial charge on any atom is 0.309 e. The molecule has 0 aromatic heterocycles. The molecule has 0 aliphatic carbocycles. The Morgan fingerprint density at radius 3 is 2.69 bits per heavy atom. The van der Waals surface area contributed by atoms with Crippen LogP contribution in [0.25, 0.3) is 0 Å². The van der Waals surface area contributed by atoms with Crippen molar-refractivity contribution in [3.8, 4) is 5.75 Å². The van der Waals surface area contributed by atoms with Gasteiger partial charge in [0.1, 0.15) is 11.9 Å². The Hall–Kier alpha value is -1.51. The van der Waals surface area contributed by atoms with Gasteiger partial charge in [-0.3, -0.25) is 4.79 Å². The van der Waals surface area contributed by atoms with Gasteiger partial charge in [0.25, 0.3) is 0 Å². The summed E-state index contributed by atoms with van der Waals surface area (Å²) in [4.78, 5) is 11.2. The molecule has 1 unspecified atom stereocenters. The molecular formula is C13H18O3. The zero-order chi connectivity index (χ0) is 12.0.